The van der Waals surface area contributed by atoms with Gasteiger partial charge in [-0.25, -0.2) is 14.7 Å². The summed E-state index contributed by atoms with van der Waals surface area (Å²) >= 11 is 3.51. The summed E-state index contributed by atoms with van der Waals surface area (Å²) < 4.78 is 8.02. The van der Waals surface area contributed by atoms with E-state index in [0.29, 0.717) is 22.8 Å². The Bertz CT molecular complexity index is 1190. The van der Waals surface area contributed by atoms with Crippen molar-refractivity contribution in [3.05, 3.63) is 71.6 Å². The van der Waals surface area contributed by atoms with Gasteiger partial charge in [0.1, 0.15) is 11.4 Å². The minimum atomic E-state index is -0.670. The molecular formula is C22H20BrN5O2. The maximum absolute atomic E-state index is 13.3. The second-order valence-electron chi connectivity index (χ2n) is 7.62. The predicted octanol–water partition coefficient (Wildman–Crippen LogP) is 5.63. The Morgan fingerprint density at radius 1 is 1.10 bits per heavy atom. The minimum absolute atomic E-state index is 0.492. The van der Waals surface area contributed by atoms with Gasteiger partial charge in [-0.05, 0) is 48.8 Å². The second-order valence-corrected chi connectivity index (χ2v) is 8.47. The Balaban J connectivity index is 1.96. The average molecular weight is 466 g/mol. The third-order valence-corrected chi connectivity index (χ3v) is 4.75. The van der Waals surface area contributed by atoms with Gasteiger partial charge in [-0.3, -0.25) is 4.98 Å². The molecule has 3 aromatic heterocycles. The lowest BCUT2D eigenvalue weighted by atomic mass is 10.1. The summed E-state index contributed by atoms with van der Waals surface area (Å²) in [5.41, 5.74) is 2.10. The van der Waals surface area contributed by atoms with Gasteiger partial charge in [0, 0.05) is 17.8 Å². The van der Waals surface area contributed by atoms with Gasteiger partial charge >= 0.3 is 6.09 Å². The molecule has 0 aliphatic heterocycles. The molecule has 4 aromatic rings. The van der Waals surface area contributed by atoms with Crippen LogP contribution in [0.4, 0.5) is 16.3 Å². The molecule has 0 aliphatic rings. The maximum Gasteiger partial charge on any atom is 0.420 e. The lowest BCUT2D eigenvalue weighted by Gasteiger charge is -2.27. The van der Waals surface area contributed by atoms with E-state index >= 15 is 0 Å². The van der Waals surface area contributed by atoms with Crippen molar-refractivity contribution in [2.45, 2.75) is 26.4 Å². The maximum atomic E-state index is 13.3. The highest BCUT2D eigenvalue weighted by atomic mass is 79.9. The molecule has 4 rings (SSSR count). The molecule has 1 aromatic carbocycles. The van der Waals surface area contributed by atoms with Gasteiger partial charge in [0.05, 0.1) is 28.2 Å². The molecule has 0 saturated carbocycles. The summed E-state index contributed by atoms with van der Waals surface area (Å²) in [5.74, 6) is 0.492. The van der Waals surface area contributed by atoms with E-state index in [1.165, 1.54) is 4.90 Å². The number of benzene rings is 1. The molecule has 152 valence electrons. The number of carbonyl (C=O) groups is 1. The van der Waals surface area contributed by atoms with Gasteiger partial charge in [-0.1, -0.05) is 30.3 Å². The number of anilines is 2. The summed E-state index contributed by atoms with van der Waals surface area (Å²) in [4.78, 5) is 23.6. The average Bonchev–Trinajstić information content (AvgIpc) is 3.09. The highest BCUT2D eigenvalue weighted by Gasteiger charge is 2.28. The lowest BCUT2D eigenvalue weighted by Crippen LogP contribution is -2.35. The molecule has 8 heteroatoms. The Morgan fingerprint density at radius 3 is 2.53 bits per heavy atom. The first-order chi connectivity index (χ1) is 14.3. The topological polar surface area (TPSA) is 72.6 Å². The van der Waals surface area contributed by atoms with E-state index in [4.69, 9.17) is 9.72 Å². The first-order valence-electron chi connectivity index (χ1n) is 9.36. The Labute approximate surface area is 182 Å². The van der Waals surface area contributed by atoms with E-state index < -0.39 is 11.7 Å². The quantitative estimate of drug-likeness (QED) is 0.392. The van der Waals surface area contributed by atoms with Crippen LogP contribution >= 0.6 is 15.9 Å². The summed E-state index contributed by atoms with van der Waals surface area (Å²) in [7, 11) is 0. The molecule has 0 unspecified atom stereocenters. The van der Waals surface area contributed by atoms with Crippen molar-refractivity contribution in [1.29, 1.82) is 0 Å². The largest absolute Gasteiger partial charge is 0.443 e. The van der Waals surface area contributed by atoms with Gasteiger partial charge in [0.25, 0.3) is 0 Å². The normalized spacial score (nSPS) is 11.5. The van der Waals surface area contributed by atoms with Crippen LogP contribution in [0, 0.1) is 0 Å². The van der Waals surface area contributed by atoms with Crippen LogP contribution in [0.3, 0.4) is 0 Å². The number of nitrogens with zero attached hydrogens (tertiary/aromatic N) is 5. The zero-order valence-corrected chi connectivity index (χ0v) is 18.4. The number of pyridine rings is 1. The third-order valence-electron chi connectivity index (χ3n) is 4.19. The summed E-state index contributed by atoms with van der Waals surface area (Å²) in [6.45, 7) is 5.48. The smallest absolute Gasteiger partial charge is 0.420 e. The molecule has 0 atom stereocenters. The summed E-state index contributed by atoms with van der Waals surface area (Å²) in [6, 6.07) is 15.1. The molecular weight excluding hydrogens is 446 g/mol. The van der Waals surface area contributed by atoms with Crippen molar-refractivity contribution < 1.29 is 9.53 Å². The van der Waals surface area contributed by atoms with Gasteiger partial charge in [0.15, 0.2) is 5.65 Å². The number of amides is 1. The predicted molar refractivity (Wildman–Crippen MR) is 119 cm³/mol. The highest BCUT2D eigenvalue weighted by Crippen LogP contribution is 2.32. The fraction of sp³-hybridized carbons (Fsp3) is 0.182. The summed E-state index contributed by atoms with van der Waals surface area (Å²) in [5, 5.41) is 4.42. The highest BCUT2D eigenvalue weighted by molar-refractivity contribution is 9.10. The van der Waals surface area contributed by atoms with Crippen LogP contribution in [0.2, 0.25) is 0 Å². The fourth-order valence-electron chi connectivity index (χ4n) is 2.96. The van der Waals surface area contributed by atoms with Crippen LogP contribution in [0.15, 0.2) is 71.6 Å². The van der Waals surface area contributed by atoms with E-state index in [1.54, 1.807) is 35.2 Å². The van der Waals surface area contributed by atoms with Crippen LogP contribution in [0.5, 0.6) is 0 Å². The van der Waals surface area contributed by atoms with Crippen molar-refractivity contribution in [3.63, 3.8) is 0 Å². The molecule has 0 fully saturated rings. The molecule has 0 radical (unpaired) electrons. The molecule has 0 spiro atoms. The van der Waals surface area contributed by atoms with E-state index in [2.05, 4.69) is 26.0 Å². The zero-order valence-electron chi connectivity index (χ0n) is 16.8. The van der Waals surface area contributed by atoms with E-state index in [1.807, 2.05) is 57.2 Å². The van der Waals surface area contributed by atoms with E-state index in [9.17, 15) is 4.79 Å². The number of halogens is 1. The number of aromatic nitrogens is 4. The number of rotatable bonds is 3. The molecule has 0 N–H and O–H groups in total. The number of fused-ring (bicyclic) bond motifs is 1. The standard InChI is InChI=1S/C22H20BrN5O2/c1-22(2,3)30-21(29)27(16-10-7-11-24-13-16)19-12-18(15-8-5-4-6-9-15)26-20-17(23)14-25-28(19)20/h4-14H,1-3H3. The van der Waals surface area contributed by atoms with Crippen LogP contribution in [-0.2, 0) is 4.74 Å². The third kappa shape index (κ3) is 4.04. The fourth-order valence-corrected chi connectivity index (χ4v) is 3.31. The van der Waals surface area contributed by atoms with E-state index in [-0.39, 0.29) is 0 Å². The molecule has 0 bridgehead atoms. The monoisotopic (exact) mass is 465 g/mol. The van der Waals surface area contributed by atoms with E-state index in [0.717, 1.165) is 10.0 Å². The minimum Gasteiger partial charge on any atom is -0.443 e. The molecule has 7 nitrogen and oxygen atoms in total. The number of hydrogen-bond donors (Lipinski definition) is 0. The second kappa shape index (κ2) is 7.87. The van der Waals surface area contributed by atoms with Crippen molar-refractivity contribution >= 4 is 39.2 Å². The van der Waals surface area contributed by atoms with Crippen LogP contribution in [0.1, 0.15) is 20.8 Å². The van der Waals surface area contributed by atoms with Crippen LogP contribution < -0.4 is 4.90 Å². The van der Waals surface area contributed by atoms with Crippen molar-refractivity contribution in [3.8, 4) is 11.3 Å². The molecule has 0 aliphatic carbocycles. The number of hydrogen-bond acceptors (Lipinski definition) is 5. The molecule has 1 amide bonds. The zero-order chi connectivity index (χ0) is 21.3. The molecule has 3 heterocycles. The SMILES string of the molecule is CC(C)(C)OC(=O)N(c1cccnc1)c1cc(-c2ccccc2)nc2c(Br)cnn12. The van der Waals surface area contributed by atoms with Crippen molar-refractivity contribution in [2.24, 2.45) is 0 Å². The lowest BCUT2D eigenvalue weighted by molar-refractivity contribution is 0.0597. The van der Waals surface area contributed by atoms with Crippen molar-refractivity contribution in [1.82, 2.24) is 19.6 Å². The first-order valence-corrected chi connectivity index (χ1v) is 10.2. The van der Waals surface area contributed by atoms with Crippen molar-refractivity contribution in [2.75, 3.05) is 4.90 Å². The Hall–Kier alpha value is -3.26. The van der Waals surface area contributed by atoms with Crippen LogP contribution in [-0.4, -0.2) is 31.3 Å². The Kier molecular flexibility index (Phi) is 5.26. The summed E-state index contributed by atoms with van der Waals surface area (Å²) in [6.07, 6.45) is 4.38. The number of carbonyl (C=O) groups excluding carboxylic acids is 1. The molecule has 0 saturated heterocycles. The Morgan fingerprint density at radius 2 is 1.87 bits per heavy atom. The first kappa shape index (κ1) is 20.0. The molecule has 30 heavy (non-hydrogen) atoms. The number of ether oxygens (including phenoxy) is 1. The van der Waals surface area contributed by atoms with Gasteiger partial charge in [0.2, 0.25) is 0 Å². The van der Waals surface area contributed by atoms with Crippen LogP contribution in [0.25, 0.3) is 16.9 Å². The van der Waals surface area contributed by atoms with Gasteiger partial charge in [-0.15, -0.1) is 0 Å². The van der Waals surface area contributed by atoms with Gasteiger partial charge < -0.3 is 4.74 Å². The van der Waals surface area contributed by atoms with Gasteiger partial charge in [-0.2, -0.15) is 9.61 Å².